The molecule has 4 N–H and O–H groups in total. The van der Waals surface area contributed by atoms with Crippen LogP contribution >= 0.6 is 0 Å². The van der Waals surface area contributed by atoms with Crippen molar-refractivity contribution < 1.29 is 19.1 Å². The van der Waals surface area contributed by atoms with Gasteiger partial charge in [-0.2, -0.15) is 0 Å². The van der Waals surface area contributed by atoms with Crippen molar-refractivity contribution in [1.29, 1.82) is 5.41 Å². The summed E-state index contributed by atoms with van der Waals surface area (Å²) in [6.07, 6.45) is 1.96. The fourth-order valence-electron chi connectivity index (χ4n) is 4.09. The van der Waals surface area contributed by atoms with Crippen molar-refractivity contribution in [1.82, 2.24) is 5.32 Å². The maximum absolute atomic E-state index is 14.9. The number of amides is 2. The van der Waals surface area contributed by atoms with Crippen LogP contribution in [0, 0.1) is 11.2 Å². The topological polar surface area (TPSA) is 106 Å². The summed E-state index contributed by atoms with van der Waals surface area (Å²) in [7, 11) is 0. The van der Waals surface area contributed by atoms with Crippen LogP contribution < -0.4 is 15.5 Å². The Kier molecular flexibility index (Phi) is 6.87. The highest BCUT2D eigenvalue weighted by molar-refractivity contribution is 6.12. The number of nitrogens with one attached hydrogen (secondary N) is 3. The van der Waals surface area contributed by atoms with Crippen LogP contribution in [0.3, 0.4) is 0 Å². The van der Waals surface area contributed by atoms with Gasteiger partial charge in [-0.3, -0.25) is 15.5 Å². The van der Waals surface area contributed by atoms with Gasteiger partial charge in [-0.05, 0) is 55.2 Å². The number of benzene rings is 3. The Morgan fingerprint density at radius 1 is 0.941 bits per heavy atom. The molecule has 1 aliphatic rings. The lowest BCUT2D eigenvalue weighted by atomic mass is 10.0. The number of amidine groups is 1. The van der Waals surface area contributed by atoms with Crippen LogP contribution in [0.15, 0.2) is 66.7 Å². The standard InChI is InChI=1S/C26H25FN4O3/c27-22-15-21(24(28)30-26(33)34)23(16-20(22)17-8-3-1-4-9-17)29-25(32)18-10-7-11-19(14-18)31-12-5-2-6-13-31/h1,3-4,7-11,14-16H,2,5-6,12-13H2,(H2,28,30)(H,29,32)(H,33,34). The minimum Gasteiger partial charge on any atom is -0.465 e. The monoisotopic (exact) mass is 460 g/mol. The third-order valence-electron chi connectivity index (χ3n) is 5.77. The van der Waals surface area contributed by atoms with E-state index in [0.717, 1.165) is 37.7 Å². The molecule has 1 heterocycles. The van der Waals surface area contributed by atoms with Crippen LogP contribution in [0.2, 0.25) is 0 Å². The van der Waals surface area contributed by atoms with Crippen LogP contribution in [0.25, 0.3) is 11.1 Å². The van der Waals surface area contributed by atoms with Gasteiger partial charge in [-0.1, -0.05) is 36.4 Å². The molecule has 0 aromatic heterocycles. The van der Waals surface area contributed by atoms with E-state index in [2.05, 4.69) is 10.2 Å². The van der Waals surface area contributed by atoms with E-state index in [1.807, 2.05) is 23.5 Å². The van der Waals surface area contributed by atoms with Crippen LogP contribution in [-0.4, -0.2) is 36.0 Å². The van der Waals surface area contributed by atoms with E-state index in [1.165, 1.54) is 12.5 Å². The van der Waals surface area contributed by atoms with Crippen LogP contribution in [0.1, 0.15) is 35.2 Å². The smallest absolute Gasteiger partial charge is 0.410 e. The minimum atomic E-state index is -1.45. The first-order valence-corrected chi connectivity index (χ1v) is 11.1. The first-order valence-electron chi connectivity index (χ1n) is 11.1. The number of rotatable bonds is 5. The minimum absolute atomic E-state index is 0.0693. The fraction of sp³-hybridized carbons (Fsp3) is 0.192. The second-order valence-corrected chi connectivity index (χ2v) is 8.10. The van der Waals surface area contributed by atoms with Gasteiger partial charge in [0.1, 0.15) is 11.7 Å². The first-order chi connectivity index (χ1) is 16.4. The molecule has 3 aromatic rings. The van der Waals surface area contributed by atoms with Crippen molar-refractivity contribution in [3.8, 4) is 11.1 Å². The number of carbonyl (C=O) groups excluding carboxylic acids is 1. The van der Waals surface area contributed by atoms with Crippen LogP contribution in [0.5, 0.6) is 0 Å². The van der Waals surface area contributed by atoms with Gasteiger partial charge in [-0.15, -0.1) is 0 Å². The second kappa shape index (κ2) is 10.2. The van der Waals surface area contributed by atoms with Gasteiger partial charge >= 0.3 is 6.09 Å². The van der Waals surface area contributed by atoms with Gasteiger partial charge in [0, 0.05) is 35.5 Å². The number of hydrogen-bond donors (Lipinski definition) is 4. The van der Waals surface area contributed by atoms with Gasteiger partial charge in [0.25, 0.3) is 5.91 Å². The van der Waals surface area contributed by atoms with Gasteiger partial charge in [-0.25, -0.2) is 9.18 Å². The molecule has 0 spiro atoms. The average molecular weight is 461 g/mol. The molecule has 1 aliphatic heterocycles. The summed E-state index contributed by atoms with van der Waals surface area (Å²) in [5.41, 5.74) is 2.25. The lowest BCUT2D eigenvalue weighted by Crippen LogP contribution is -2.30. The van der Waals surface area contributed by atoms with Gasteiger partial charge < -0.3 is 15.3 Å². The predicted octanol–water partition coefficient (Wildman–Crippen LogP) is 5.33. The largest absolute Gasteiger partial charge is 0.465 e. The summed E-state index contributed by atoms with van der Waals surface area (Å²) in [5.74, 6) is -1.61. The van der Waals surface area contributed by atoms with Gasteiger partial charge in [0.15, 0.2) is 0 Å². The van der Waals surface area contributed by atoms with Crippen molar-refractivity contribution in [2.24, 2.45) is 0 Å². The molecule has 2 amide bonds. The highest BCUT2D eigenvalue weighted by Crippen LogP contribution is 2.30. The summed E-state index contributed by atoms with van der Waals surface area (Å²) in [6, 6.07) is 18.5. The van der Waals surface area contributed by atoms with Crippen molar-refractivity contribution in [2.75, 3.05) is 23.3 Å². The van der Waals surface area contributed by atoms with Crippen molar-refractivity contribution in [3.05, 3.63) is 83.7 Å². The molecule has 8 heteroatoms. The number of nitrogens with zero attached hydrogens (tertiary/aromatic N) is 1. The van der Waals surface area contributed by atoms with Crippen LogP contribution in [0.4, 0.5) is 20.6 Å². The molecular weight excluding hydrogens is 435 g/mol. The molecule has 0 atom stereocenters. The Balaban J connectivity index is 1.68. The van der Waals surface area contributed by atoms with Crippen molar-refractivity contribution >= 4 is 29.2 Å². The molecule has 0 radical (unpaired) electrons. The molecule has 0 saturated carbocycles. The predicted molar refractivity (Wildman–Crippen MR) is 130 cm³/mol. The first kappa shape index (κ1) is 23.0. The third-order valence-corrected chi connectivity index (χ3v) is 5.77. The third kappa shape index (κ3) is 5.23. The Labute approximate surface area is 196 Å². The van der Waals surface area contributed by atoms with Crippen molar-refractivity contribution in [3.63, 3.8) is 0 Å². The van der Waals surface area contributed by atoms with E-state index in [4.69, 9.17) is 10.5 Å². The molecule has 0 aliphatic carbocycles. The summed E-state index contributed by atoms with van der Waals surface area (Å²) in [4.78, 5) is 26.4. The summed E-state index contributed by atoms with van der Waals surface area (Å²) in [6.45, 7) is 1.87. The number of halogens is 1. The maximum Gasteiger partial charge on any atom is 0.410 e. The molecule has 34 heavy (non-hydrogen) atoms. The number of anilines is 2. The lowest BCUT2D eigenvalue weighted by molar-refractivity contribution is 0.102. The molecule has 1 fully saturated rings. The molecule has 7 nitrogen and oxygen atoms in total. The highest BCUT2D eigenvalue weighted by atomic mass is 19.1. The second-order valence-electron chi connectivity index (χ2n) is 8.10. The molecule has 0 unspecified atom stereocenters. The number of carbonyl (C=O) groups is 2. The average Bonchev–Trinajstić information content (AvgIpc) is 2.85. The summed E-state index contributed by atoms with van der Waals surface area (Å²) in [5, 5.41) is 21.8. The Morgan fingerprint density at radius 2 is 1.68 bits per heavy atom. The molecule has 4 rings (SSSR count). The van der Waals surface area contributed by atoms with E-state index in [-0.39, 0.29) is 16.8 Å². The van der Waals surface area contributed by atoms with E-state index in [9.17, 15) is 14.0 Å². The van der Waals surface area contributed by atoms with Crippen molar-refractivity contribution in [2.45, 2.75) is 19.3 Å². The number of carboxylic acid groups (broad SMARTS) is 1. The van der Waals surface area contributed by atoms with E-state index >= 15 is 0 Å². The van der Waals surface area contributed by atoms with E-state index < -0.39 is 23.7 Å². The SMILES string of the molecule is N=C(NC(=O)O)c1cc(F)c(-c2ccccc2)cc1NC(=O)c1cccc(N2CCCCC2)c1. The zero-order valence-corrected chi connectivity index (χ0v) is 18.5. The zero-order valence-electron chi connectivity index (χ0n) is 18.5. The van der Waals surface area contributed by atoms with Gasteiger partial charge in [0.05, 0.1) is 5.69 Å². The zero-order chi connectivity index (χ0) is 24.1. The fourth-order valence-corrected chi connectivity index (χ4v) is 4.09. The summed E-state index contributed by atoms with van der Waals surface area (Å²) < 4.78 is 14.9. The highest BCUT2D eigenvalue weighted by Gasteiger charge is 2.19. The van der Waals surface area contributed by atoms with E-state index in [0.29, 0.717) is 11.1 Å². The Bertz CT molecular complexity index is 1220. The Morgan fingerprint density at radius 3 is 2.38 bits per heavy atom. The van der Waals surface area contributed by atoms with Gasteiger partial charge in [0.2, 0.25) is 0 Å². The normalized spacial score (nSPS) is 13.3. The quantitative estimate of drug-likeness (QED) is 0.305. The summed E-state index contributed by atoms with van der Waals surface area (Å²) >= 11 is 0. The molecule has 174 valence electrons. The molecule has 1 saturated heterocycles. The molecule has 0 bridgehead atoms. The lowest BCUT2D eigenvalue weighted by Gasteiger charge is -2.29. The Hall–Kier alpha value is -4.20. The maximum atomic E-state index is 14.9. The van der Waals surface area contributed by atoms with Crippen LogP contribution in [-0.2, 0) is 0 Å². The van der Waals surface area contributed by atoms with E-state index in [1.54, 1.807) is 36.4 Å². The molecule has 3 aromatic carbocycles. The molecular formula is C26H25FN4O3. The number of hydrogen-bond acceptors (Lipinski definition) is 4. The number of piperidine rings is 1.